The van der Waals surface area contributed by atoms with E-state index in [1.807, 2.05) is 79.4 Å². The maximum absolute atomic E-state index is 13.3. The molecule has 0 saturated heterocycles. The van der Waals surface area contributed by atoms with Crippen molar-refractivity contribution in [3.05, 3.63) is 93.9 Å². The number of anilines is 2. The number of nitrogens with one attached hydrogen (secondary N) is 1. The number of carbonyl (C=O) groups is 2. The van der Waals surface area contributed by atoms with E-state index in [4.69, 9.17) is 34.4 Å². The van der Waals surface area contributed by atoms with Crippen LogP contribution in [-0.2, 0) is 36.6 Å². The minimum absolute atomic E-state index is 0.0208. The Hall–Kier alpha value is -4.17. The second-order valence-electron chi connectivity index (χ2n) is 11.7. The van der Waals surface area contributed by atoms with Crippen molar-refractivity contribution in [1.29, 1.82) is 0 Å². The number of aromatic nitrogens is 1. The lowest BCUT2D eigenvalue weighted by Crippen LogP contribution is -2.29. The predicted octanol–water partition coefficient (Wildman–Crippen LogP) is 5.21. The van der Waals surface area contributed by atoms with Crippen molar-refractivity contribution in [2.75, 3.05) is 82.8 Å². The summed E-state index contributed by atoms with van der Waals surface area (Å²) in [6.45, 7) is 9.44. The van der Waals surface area contributed by atoms with E-state index in [-0.39, 0.29) is 18.2 Å². The van der Waals surface area contributed by atoms with Crippen LogP contribution in [0.15, 0.2) is 66.7 Å². The average molecular weight is 703 g/mol. The Morgan fingerprint density at radius 1 is 0.840 bits per heavy atom. The number of hydrogen-bond donors (Lipinski definition) is 2. The van der Waals surface area contributed by atoms with Crippen LogP contribution in [0.3, 0.4) is 0 Å². The van der Waals surface area contributed by atoms with Gasteiger partial charge in [-0.05, 0) is 67.3 Å². The zero-order valence-electron chi connectivity index (χ0n) is 28.8. The Bertz CT molecular complexity index is 1710. The minimum Gasteiger partial charge on any atom is -0.491 e. The smallest absolute Gasteiger partial charge is 0.258 e. The average Bonchev–Trinajstić information content (AvgIpc) is 3.70. The van der Waals surface area contributed by atoms with Crippen LogP contribution < -0.4 is 20.7 Å². The van der Waals surface area contributed by atoms with Crippen LogP contribution in [0.1, 0.15) is 31.9 Å². The topological polar surface area (TPSA) is 134 Å². The zero-order valence-corrected chi connectivity index (χ0v) is 29.6. The summed E-state index contributed by atoms with van der Waals surface area (Å²) in [5.41, 5.74) is 11.7. The van der Waals surface area contributed by atoms with Crippen molar-refractivity contribution in [2.45, 2.75) is 26.7 Å². The summed E-state index contributed by atoms with van der Waals surface area (Å²) in [5.74, 6) is 0.536. The van der Waals surface area contributed by atoms with Gasteiger partial charge in [0, 0.05) is 34.8 Å². The molecule has 50 heavy (non-hydrogen) atoms. The fourth-order valence-corrected chi connectivity index (χ4v) is 6.45. The lowest BCUT2D eigenvalue weighted by Gasteiger charge is -2.18. The van der Waals surface area contributed by atoms with E-state index in [2.05, 4.69) is 11.4 Å². The monoisotopic (exact) mass is 702 g/mol. The number of carbonyl (C=O) groups excluding carboxylic acids is 2. The van der Waals surface area contributed by atoms with Crippen LogP contribution in [0.2, 0.25) is 0 Å². The summed E-state index contributed by atoms with van der Waals surface area (Å²) in [4.78, 5) is 33.9. The molecule has 0 unspecified atom stereocenters. The summed E-state index contributed by atoms with van der Waals surface area (Å²) in [6.07, 6.45) is 0.968. The van der Waals surface area contributed by atoms with Crippen molar-refractivity contribution in [2.24, 2.45) is 5.73 Å². The molecule has 5 rings (SSSR count). The van der Waals surface area contributed by atoms with Gasteiger partial charge in [0.05, 0.1) is 65.0 Å². The Morgan fingerprint density at radius 3 is 2.26 bits per heavy atom. The summed E-state index contributed by atoms with van der Waals surface area (Å²) >= 11 is 1.45. The number of benzene rings is 3. The third kappa shape index (κ3) is 10.7. The standard InChI is InChI=1S/C38H46N4O7S/c1-27-6-3-4-9-33(27)37(44)42-14-12-30-26-31(10-11-34(30)42)36-28(2)50-38(41-36)40-35(43)25-29-7-5-8-32(24-29)49-23-22-48-21-20-47-19-18-46-17-16-45-15-13-39/h3-11,24,26H,12-23,25,39H2,1-2H3,(H,40,41,43). The Kier molecular flexibility index (Phi) is 14.3. The number of thiazole rings is 1. The fourth-order valence-electron chi connectivity index (χ4n) is 5.59. The van der Waals surface area contributed by atoms with Crippen LogP contribution in [0.4, 0.5) is 10.8 Å². The van der Waals surface area contributed by atoms with Crippen molar-refractivity contribution in [3.8, 4) is 17.0 Å². The van der Waals surface area contributed by atoms with Gasteiger partial charge in [0.1, 0.15) is 12.4 Å². The number of aryl methyl sites for hydroxylation is 2. The van der Waals surface area contributed by atoms with Gasteiger partial charge in [0.25, 0.3) is 5.91 Å². The Labute approximate surface area is 297 Å². The highest BCUT2D eigenvalue weighted by Gasteiger charge is 2.27. The number of nitrogens with two attached hydrogens (primary N) is 1. The molecule has 3 N–H and O–H groups in total. The van der Waals surface area contributed by atoms with Gasteiger partial charge in [-0.2, -0.15) is 0 Å². The number of nitrogens with zero attached hydrogens (tertiary/aromatic N) is 2. The fraction of sp³-hybridized carbons (Fsp3) is 0.395. The maximum Gasteiger partial charge on any atom is 0.258 e. The molecule has 2 amide bonds. The number of rotatable bonds is 20. The first-order chi connectivity index (χ1) is 24.4. The SMILES string of the molecule is Cc1ccccc1C(=O)N1CCc2cc(-c3nc(NC(=O)Cc4cccc(OCCOCCOCCOCCOCCN)c4)sc3C)ccc21. The molecule has 1 aromatic heterocycles. The van der Waals surface area contributed by atoms with Gasteiger partial charge in [-0.1, -0.05) is 36.4 Å². The quantitative estimate of drug-likeness (QED) is 0.119. The molecule has 0 fully saturated rings. The molecule has 12 heteroatoms. The molecule has 266 valence electrons. The number of hydrogen-bond acceptors (Lipinski definition) is 10. The van der Waals surface area contributed by atoms with E-state index in [0.29, 0.717) is 83.4 Å². The predicted molar refractivity (Wildman–Crippen MR) is 195 cm³/mol. The first-order valence-corrected chi connectivity index (χ1v) is 17.8. The molecule has 4 aromatic rings. The van der Waals surface area contributed by atoms with E-state index >= 15 is 0 Å². The van der Waals surface area contributed by atoms with Gasteiger partial charge in [0.2, 0.25) is 5.91 Å². The van der Waals surface area contributed by atoms with E-state index in [0.717, 1.165) is 50.5 Å². The van der Waals surface area contributed by atoms with Crippen LogP contribution >= 0.6 is 11.3 Å². The third-order valence-corrected chi connectivity index (χ3v) is 8.94. The molecule has 1 aliphatic heterocycles. The summed E-state index contributed by atoms with van der Waals surface area (Å²) < 4.78 is 27.5. The number of ether oxygens (including phenoxy) is 5. The molecule has 3 aromatic carbocycles. The van der Waals surface area contributed by atoms with E-state index in [9.17, 15) is 9.59 Å². The van der Waals surface area contributed by atoms with E-state index in [1.54, 1.807) is 0 Å². The first-order valence-electron chi connectivity index (χ1n) is 16.9. The molecule has 11 nitrogen and oxygen atoms in total. The molecule has 0 aliphatic carbocycles. The van der Waals surface area contributed by atoms with Crippen LogP contribution in [0.5, 0.6) is 5.75 Å². The molecule has 0 saturated carbocycles. The summed E-state index contributed by atoms with van der Waals surface area (Å²) in [7, 11) is 0. The van der Waals surface area contributed by atoms with E-state index in [1.165, 1.54) is 11.3 Å². The number of fused-ring (bicyclic) bond motifs is 1. The second kappa shape index (κ2) is 19.3. The van der Waals surface area contributed by atoms with Gasteiger partial charge < -0.3 is 39.6 Å². The highest BCUT2D eigenvalue weighted by molar-refractivity contribution is 7.16. The molecule has 0 atom stereocenters. The van der Waals surface area contributed by atoms with Gasteiger partial charge >= 0.3 is 0 Å². The molecule has 1 aliphatic rings. The lowest BCUT2D eigenvalue weighted by atomic mass is 10.0. The van der Waals surface area contributed by atoms with Gasteiger partial charge in [-0.15, -0.1) is 11.3 Å². The van der Waals surface area contributed by atoms with Crippen molar-refractivity contribution in [1.82, 2.24) is 4.98 Å². The first kappa shape index (κ1) is 37.1. The zero-order chi connectivity index (χ0) is 35.1. The highest BCUT2D eigenvalue weighted by Crippen LogP contribution is 2.36. The van der Waals surface area contributed by atoms with Crippen molar-refractivity contribution >= 4 is 34.0 Å². The molecular formula is C38H46N4O7S. The third-order valence-electron chi connectivity index (χ3n) is 8.05. The Balaban J connectivity index is 1.03. The Morgan fingerprint density at radius 2 is 1.54 bits per heavy atom. The van der Waals surface area contributed by atoms with Gasteiger partial charge in [0.15, 0.2) is 5.13 Å². The van der Waals surface area contributed by atoms with Crippen molar-refractivity contribution < 1.29 is 33.3 Å². The molecule has 2 heterocycles. The summed E-state index contributed by atoms with van der Waals surface area (Å²) in [6, 6.07) is 21.3. The largest absolute Gasteiger partial charge is 0.491 e. The molecule has 0 bridgehead atoms. The lowest BCUT2D eigenvalue weighted by molar-refractivity contribution is -0.115. The van der Waals surface area contributed by atoms with E-state index < -0.39 is 0 Å². The summed E-state index contributed by atoms with van der Waals surface area (Å²) in [5, 5.41) is 3.51. The minimum atomic E-state index is -0.157. The molecule has 0 radical (unpaired) electrons. The van der Waals surface area contributed by atoms with Gasteiger partial charge in [-0.25, -0.2) is 4.98 Å². The van der Waals surface area contributed by atoms with Crippen LogP contribution in [0, 0.1) is 13.8 Å². The normalized spacial score (nSPS) is 12.3. The van der Waals surface area contributed by atoms with Gasteiger partial charge in [-0.3, -0.25) is 9.59 Å². The molecular weight excluding hydrogens is 657 g/mol. The second-order valence-corrected chi connectivity index (χ2v) is 13.0. The van der Waals surface area contributed by atoms with Crippen LogP contribution in [0.25, 0.3) is 11.3 Å². The van der Waals surface area contributed by atoms with Crippen LogP contribution in [-0.4, -0.2) is 89.3 Å². The number of amides is 2. The van der Waals surface area contributed by atoms with Crippen molar-refractivity contribution in [3.63, 3.8) is 0 Å². The maximum atomic E-state index is 13.3. The molecule has 0 spiro atoms. The highest BCUT2D eigenvalue weighted by atomic mass is 32.1.